The van der Waals surface area contributed by atoms with Gasteiger partial charge in [-0.15, -0.1) is 0 Å². The van der Waals surface area contributed by atoms with E-state index < -0.39 is 10.3 Å². The van der Waals surface area contributed by atoms with Crippen LogP contribution in [-0.2, 0) is 16.9 Å². The minimum atomic E-state index is -4.52. The summed E-state index contributed by atoms with van der Waals surface area (Å²) in [5.74, 6) is 0.484. The van der Waals surface area contributed by atoms with Gasteiger partial charge in [0.15, 0.2) is 10.3 Å². The van der Waals surface area contributed by atoms with Crippen LogP contribution in [0.1, 0.15) is 5.56 Å². The van der Waals surface area contributed by atoms with Crippen molar-refractivity contribution in [1.82, 2.24) is 0 Å². The Hall–Kier alpha value is -1.05. The minimum Gasteiger partial charge on any atom is -0.731 e. The van der Waals surface area contributed by atoms with Gasteiger partial charge in [-0.1, -0.05) is 36.4 Å². The normalized spacial score (nSPS) is 10.4. The molecule has 1 N–H and O–H groups in total. The number of hydrogen-bond acceptors (Lipinski definition) is 4. The summed E-state index contributed by atoms with van der Waals surface area (Å²) in [7, 11) is -4.52. The molecule has 0 spiro atoms. The third-order valence-corrected chi connectivity index (χ3v) is 2.81. The molecule has 0 aliphatic carbocycles. The minimum absolute atomic E-state index is 0. The molecule has 2 aromatic rings. The summed E-state index contributed by atoms with van der Waals surface area (Å²) >= 11 is 0. The summed E-state index contributed by atoms with van der Waals surface area (Å²) in [6.45, 7) is 0.369. The number of benzene rings is 2. The smallest absolute Gasteiger partial charge is 0.731 e. The third-order valence-electron chi connectivity index (χ3n) is 2.33. The Bertz CT molecular complexity index is 646. The molecule has 0 bridgehead atoms. The van der Waals surface area contributed by atoms with Crippen LogP contribution in [0, 0.1) is 0 Å². The van der Waals surface area contributed by atoms with Gasteiger partial charge in [-0.3, -0.25) is 4.72 Å². The monoisotopic (exact) mass is 301 g/mol. The molecule has 100 valence electrons. The maximum absolute atomic E-state index is 10.6. The number of nitrogens with one attached hydrogen (secondary N) is 1. The topological polar surface area (TPSA) is 78.5 Å². The molecule has 2 rings (SSSR count). The van der Waals surface area contributed by atoms with E-state index in [0.29, 0.717) is 12.4 Å². The van der Waals surface area contributed by atoms with Gasteiger partial charge in [0.1, 0.15) is 12.4 Å². The van der Waals surface area contributed by atoms with Crippen molar-refractivity contribution >= 4 is 16.0 Å². The zero-order valence-corrected chi connectivity index (χ0v) is 13.8. The van der Waals surface area contributed by atoms with Gasteiger partial charge < -0.3 is 9.29 Å². The van der Waals surface area contributed by atoms with Crippen LogP contribution in [0.3, 0.4) is 0 Å². The molecule has 0 unspecified atom stereocenters. The molecule has 0 radical (unpaired) electrons. The van der Waals surface area contributed by atoms with Crippen molar-refractivity contribution in [3.63, 3.8) is 0 Å². The molecule has 0 aliphatic heterocycles. The van der Waals surface area contributed by atoms with Crippen LogP contribution in [-0.4, -0.2) is 13.0 Å². The second-order valence-electron chi connectivity index (χ2n) is 3.86. The fourth-order valence-electron chi connectivity index (χ4n) is 1.53. The molecule has 0 aromatic heterocycles. The molecule has 0 aliphatic rings. The molecule has 2 aromatic carbocycles. The van der Waals surface area contributed by atoms with Gasteiger partial charge in [-0.25, -0.2) is 8.42 Å². The van der Waals surface area contributed by atoms with E-state index in [1.165, 1.54) is 12.1 Å². The van der Waals surface area contributed by atoms with Crippen molar-refractivity contribution in [2.24, 2.45) is 0 Å². The Morgan fingerprint density at radius 2 is 1.75 bits per heavy atom. The number of rotatable bonds is 5. The average molecular weight is 301 g/mol. The predicted molar refractivity (Wildman–Crippen MR) is 70.5 cm³/mol. The van der Waals surface area contributed by atoms with E-state index in [-0.39, 0.29) is 35.2 Å². The molecule has 7 heteroatoms. The summed E-state index contributed by atoms with van der Waals surface area (Å²) in [6, 6.07) is 15.8. The first-order valence-electron chi connectivity index (χ1n) is 5.53. The third kappa shape index (κ3) is 5.94. The molecule has 0 amide bonds. The fourth-order valence-corrected chi connectivity index (χ4v) is 1.95. The summed E-state index contributed by atoms with van der Waals surface area (Å²) in [4.78, 5) is 0. The first-order valence-corrected chi connectivity index (χ1v) is 6.94. The van der Waals surface area contributed by atoms with Crippen molar-refractivity contribution < 1.29 is 47.3 Å². The van der Waals surface area contributed by atoms with E-state index in [1.54, 1.807) is 12.1 Å². The van der Waals surface area contributed by atoms with Crippen molar-refractivity contribution in [2.45, 2.75) is 6.61 Å². The van der Waals surface area contributed by atoms with Crippen LogP contribution < -0.4 is 39.0 Å². The Labute approximate surface area is 140 Å². The molecule has 0 fully saturated rings. The maximum atomic E-state index is 10.6. The number of anilines is 1. The van der Waals surface area contributed by atoms with E-state index in [9.17, 15) is 13.0 Å². The predicted octanol–water partition coefficient (Wildman–Crippen LogP) is -0.858. The van der Waals surface area contributed by atoms with Crippen molar-refractivity contribution in [1.29, 1.82) is 0 Å². The summed E-state index contributed by atoms with van der Waals surface area (Å²) in [5.41, 5.74) is 1.18. The summed E-state index contributed by atoms with van der Waals surface area (Å²) in [5, 5.41) is 0. The molecule has 0 atom stereocenters. The first kappa shape index (κ1) is 17.0. The van der Waals surface area contributed by atoms with Crippen LogP contribution in [0.15, 0.2) is 54.6 Å². The van der Waals surface area contributed by atoms with Crippen LogP contribution in [0.25, 0.3) is 0 Å². The first-order chi connectivity index (χ1) is 9.03. The molecule has 20 heavy (non-hydrogen) atoms. The Kier molecular flexibility index (Phi) is 6.51. The zero-order valence-electron chi connectivity index (χ0n) is 10.9. The van der Waals surface area contributed by atoms with Gasteiger partial charge in [0.05, 0.1) is 5.69 Å². The molecule has 5 nitrogen and oxygen atoms in total. The van der Waals surface area contributed by atoms with Crippen LogP contribution >= 0.6 is 0 Å². The Morgan fingerprint density at radius 3 is 2.40 bits per heavy atom. The summed E-state index contributed by atoms with van der Waals surface area (Å²) < 4.78 is 39.1. The molecular formula is C13H12NNaO4S. The fraction of sp³-hybridized carbons (Fsp3) is 0.0769. The largest absolute Gasteiger partial charge is 1.00 e. The van der Waals surface area contributed by atoms with E-state index >= 15 is 0 Å². The maximum Gasteiger partial charge on any atom is 1.00 e. The standard InChI is InChI=1S/C13H13NO4S.Na/c15-19(16,17)14-12-7-4-8-13(9-12)18-10-11-5-2-1-3-6-11;/h1-9,14H,10H2,(H,15,16,17);/q;+1/p-1. The van der Waals surface area contributed by atoms with E-state index in [0.717, 1.165) is 5.56 Å². The molecular weight excluding hydrogens is 289 g/mol. The van der Waals surface area contributed by atoms with Gasteiger partial charge in [-0.05, 0) is 17.7 Å². The van der Waals surface area contributed by atoms with Crippen LogP contribution in [0.4, 0.5) is 5.69 Å². The van der Waals surface area contributed by atoms with Gasteiger partial charge in [0.25, 0.3) is 0 Å². The van der Waals surface area contributed by atoms with Crippen LogP contribution in [0.5, 0.6) is 5.75 Å². The molecule has 0 heterocycles. The van der Waals surface area contributed by atoms with Crippen molar-refractivity contribution in [2.75, 3.05) is 4.72 Å². The number of hydrogen-bond donors (Lipinski definition) is 1. The van der Waals surface area contributed by atoms with E-state index in [4.69, 9.17) is 4.74 Å². The summed E-state index contributed by atoms with van der Waals surface area (Å²) in [6.07, 6.45) is 0. The average Bonchev–Trinajstić information content (AvgIpc) is 2.36. The number of ether oxygens (including phenoxy) is 1. The van der Waals surface area contributed by atoms with E-state index in [1.807, 2.05) is 35.1 Å². The van der Waals surface area contributed by atoms with Crippen molar-refractivity contribution in [3.05, 3.63) is 60.2 Å². The SMILES string of the molecule is O=S(=O)([O-])Nc1cccc(OCc2ccccc2)c1.[Na+]. The van der Waals surface area contributed by atoms with Gasteiger partial charge in [-0.2, -0.15) is 0 Å². The molecule has 0 saturated heterocycles. The van der Waals surface area contributed by atoms with Gasteiger partial charge in [0.2, 0.25) is 0 Å². The Morgan fingerprint density at radius 1 is 1.05 bits per heavy atom. The second-order valence-corrected chi connectivity index (χ2v) is 4.97. The van der Waals surface area contributed by atoms with Gasteiger partial charge >= 0.3 is 29.6 Å². The zero-order chi connectivity index (χ0) is 13.7. The van der Waals surface area contributed by atoms with Gasteiger partial charge in [0, 0.05) is 6.07 Å². The quantitative estimate of drug-likeness (QED) is 0.576. The van der Waals surface area contributed by atoms with Crippen molar-refractivity contribution in [3.8, 4) is 5.75 Å². The van der Waals surface area contributed by atoms with E-state index in [2.05, 4.69) is 0 Å². The molecule has 0 saturated carbocycles. The second kappa shape index (κ2) is 7.66. The van der Waals surface area contributed by atoms with Crippen LogP contribution in [0.2, 0.25) is 0 Å². The Balaban J connectivity index is 0.00000200.